The lowest BCUT2D eigenvalue weighted by Crippen LogP contribution is -2.23. The Kier molecular flexibility index (Phi) is 5.93. The van der Waals surface area contributed by atoms with Gasteiger partial charge in [-0.3, -0.25) is 4.40 Å². The maximum absolute atomic E-state index is 13.2. The van der Waals surface area contributed by atoms with Crippen LogP contribution in [0.25, 0.3) is 5.65 Å². The van der Waals surface area contributed by atoms with Gasteiger partial charge in [0, 0.05) is 17.3 Å². The van der Waals surface area contributed by atoms with E-state index in [1.165, 1.54) is 13.3 Å². The number of fused-ring (bicyclic) bond motifs is 1. The van der Waals surface area contributed by atoms with Crippen molar-refractivity contribution in [3.63, 3.8) is 0 Å². The Balaban J connectivity index is 2.04. The van der Waals surface area contributed by atoms with Gasteiger partial charge < -0.3 is 14.8 Å². The first-order valence-electron chi connectivity index (χ1n) is 8.34. The molecule has 0 aliphatic heterocycles. The number of nitrogens with one attached hydrogen (secondary N) is 1. The molecule has 0 aliphatic carbocycles. The normalized spacial score (nSPS) is 12.2. The SMILES string of the molecule is CCOC(=O)C(Nc1cc(OC)c2nnc(C(F)F)n2c1)c1ccc(Cl)cc1. The Morgan fingerprint density at radius 2 is 2.00 bits per heavy atom. The minimum atomic E-state index is -2.83. The van der Waals surface area contributed by atoms with E-state index in [9.17, 15) is 13.6 Å². The molecule has 0 aliphatic rings. The van der Waals surface area contributed by atoms with E-state index in [1.807, 2.05) is 0 Å². The third-order valence-electron chi connectivity index (χ3n) is 3.95. The lowest BCUT2D eigenvalue weighted by Gasteiger charge is -2.19. The van der Waals surface area contributed by atoms with E-state index in [-0.39, 0.29) is 18.0 Å². The number of esters is 1. The number of alkyl halides is 2. The fraction of sp³-hybridized carbons (Fsp3) is 0.278. The summed E-state index contributed by atoms with van der Waals surface area (Å²) in [5, 5.41) is 10.8. The zero-order valence-corrected chi connectivity index (χ0v) is 15.8. The van der Waals surface area contributed by atoms with E-state index >= 15 is 0 Å². The molecule has 148 valence electrons. The van der Waals surface area contributed by atoms with Crippen LogP contribution in [0.5, 0.6) is 5.75 Å². The van der Waals surface area contributed by atoms with Gasteiger partial charge in [0.15, 0.2) is 11.8 Å². The van der Waals surface area contributed by atoms with E-state index in [0.717, 1.165) is 4.40 Å². The molecule has 0 spiro atoms. The fourth-order valence-corrected chi connectivity index (χ4v) is 2.81. The quantitative estimate of drug-likeness (QED) is 0.592. The number of benzene rings is 1. The smallest absolute Gasteiger partial charge is 0.333 e. The second-order valence-corrected chi connectivity index (χ2v) is 6.17. The summed E-state index contributed by atoms with van der Waals surface area (Å²) in [7, 11) is 1.39. The van der Waals surface area contributed by atoms with Gasteiger partial charge in [-0.2, -0.15) is 0 Å². The molecule has 2 heterocycles. The summed E-state index contributed by atoms with van der Waals surface area (Å²) in [6.07, 6.45) is -1.45. The van der Waals surface area contributed by atoms with Gasteiger partial charge >= 0.3 is 5.97 Å². The topological polar surface area (TPSA) is 77.8 Å². The molecule has 3 rings (SSSR count). The highest BCUT2D eigenvalue weighted by Crippen LogP contribution is 2.29. The van der Waals surface area contributed by atoms with E-state index in [2.05, 4.69) is 15.5 Å². The summed E-state index contributed by atoms with van der Waals surface area (Å²) in [5.41, 5.74) is 1.08. The molecule has 1 unspecified atom stereocenters. The molecule has 7 nitrogen and oxygen atoms in total. The van der Waals surface area contributed by atoms with Gasteiger partial charge in [-0.05, 0) is 24.6 Å². The number of ether oxygens (including phenoxy) is 2. The first kappa shape index (κ1) is 19.8. The van der Waals surface area contributed by atoms with Crippen molar-refractivity contribution in [2.75, 3.05) is 19.0 Å². The number of nitrogens with zero attached hydrogens (tertiary/aromatic N) is 3. The van der Waals surface area contributed by atoms with E-state index < -0.39 is 24.3 Å². The Hall–Kier alpha value is -2.94. The largest absolute Gasteiger partial charge is 0.493 e. The van der Waals surface area contributed by atoms with E-state index in [4.69, 9.17) is 21.1 Å². The predicted molar refractivity (Wildman–Crippen MR) is 98.9 cm³/mol. The lowest BCUT2D eigenvalue weighted by atomic mass is 10.1. The second kappa shape index (κ2) is 8.39. The van der Waals surface area contributed by atoms with Crippen molar-refractivity contribution >= 4 is 28.9 Å². The van der Waals surface area contributed by atoms with Gasteiger partial charge in [0.05, 0.1) is 19.4 Å². The predicted octanol–water partition coefficient (Wildman–Crippen LogP) is 4.05. The first-order chi connectivity index (χ1) is 13.4. The number of anilines is 1. The highest BCUT2D eigenvalue weighted by Gasteiger charge is 2.24. The number of carbonyl (C=O) groups excluding carboxylic acids is 1. The Bertz CT molecular complexity index is 979. The molecule has 1 aromatic carbocycles. The molecule has 0 saturated heterocycles. The van der Waals surface area contributed by atoms with Crippen LogP contribution in [0.4, 0.5) is 14.5 Å². The highest BCUT2D eigenvalue weighted by molar-refractivity contribution is 6.30. The van der Waals surface area contributed by atoms with Crippen LogP contribution in [0.2, 0.25) is 5.02 Å². The van der Waals surface area contributed by atoms with Crippen LogP contribution in [0, 0.1) is 0 Å². The summed E-state index contributed by atoms with van der Waals surface area (Å²) >= 11 is 5.92. The van der Waals surface area contributed by atoms with Crippen LogP contribution in [-0.4, -0.2) is 34.3 Å². The van der Waals surface area contributed by atoms with E-state index in [1.54, 1.807) is 37.3 Å². The Morgan fingerprint density at radius 1 is 1.29 bits per heavy atom. The summed E-state index contributed by atoms with van der Waals surface area (Å²) in [5.74, 6) is -0.832. The monoisotopic (exact) mass is 410 g/mol. The van der Waals surface area contributed by atoms with Crippen molar-refractivity contribution in [2.24, 2.45) is 0 Å². The standard InChI is InChI=1S/C18H17ClF2N4O3/c1-3-28-18(26)14(10-4-6-11(19)7-5-10)22-12-8-13(27-2)16-23-24-17(15(20)21)25(16)9-12/h4-9,14-15,22H,3H2,1-2H3. The van der Waals surface area contributed by atoms with Gasteiger partial charge in [-0.15, -0.1) is 10.2 Å². The van der Waals surface area contributed by atoms with Crippen molar-refractivity contribution in [1.82, 2.24) is 14.6 Å². The van der Waals surface area contributed by atoms with Crippen molar-refractivity contribution in [3.05, 3.63) is 52.9 Å². The number of pyridine rings is 1. The molecular weight excluding hydrogens is 394 g/mol. The Morgan fingerprint density at radius 3 is 2.61 bits per heavy atom. The molecule has 1 N–H and O–H groups in total. The van der Waals surface area contributed by atoms with Crippen LogP contribution in [0.15, 0.2) is 36.5 Å². The number of halogens is 3. The van der Waals surface area contributed by atoms with Gasteiger partial charge in [-0.25, -0.2) is 13.6 Å². The van der Waals surface area contributed by atoms with Crippen molar-refractivity contribution in [2.45, 2.75) is 19.4 Å². The fourth-order valence-electron chi connectivity index (χ4n) is 2.68. The number of aromatic nitrogens is 3. The molecule has 1 atom stereocenters. The molecule has 0 saturated carbocycles. The van der Waals surface area contributed by atoms with Crippen molar-refractivity contribution < 1.29 is 23.0 Å². The summed E-state index contributed by atoms with van der Waals surface area (Å²) in [6.45, 7) is 1.88. The van der Waals surface area contributed by atoms with Crippen LogP contribution in [-0.2, 0) is 9.53 Å². The van der Waals surface area contributed by atoms with Gasteiger partial charge in [0.2, 0.25) is 11.5 Å². The zero-order chi connectivity index (χ0) is 20.3. The summed E-state index contributed by atoms with van der Waals surface area (Å²) in [4.78, 5) is 12.5. The molecule has 3 aromatic rings. The number of hydrogen-bond acceptors (Lipinski definition) is 6. The number of rotatable bonds is 7. The van der Waals surface area contributed by atoms with E-state index in [0.29, 0.717) is 16.3 Å². The molecule has 0 amide bonds. The van der Waals surface area contributed by atoms with Crippen LogP contribution >= 0.6 is 11.6 Å². The van der Waals surface area contributed by atoms with Gasteiger partial charge in [-0.1, -0.05) is 23.7 Å². The van der Waals surface area contributed by atoms with Crippen LogP contribution in [0.3, 0.4) is 0 Å². The molecular formula is C18H17ClF2N4O3. The average Bonchev–Trinajstić information content (AvgIpc) is 3.10. The molecule has 0 fully saturated rings. The van der Waals surface area contributed by atoms with Crippen LogP contribution in [0.1, 0.15) is 30.8 Å². The maximum atomic E-state index is 13.2. The third-order valence-corrected chi connectivity index (χ3v) is 4.20. The molecule has 10 heteroatoms. The molecule has 28 heavy (non-hydrogen) atoms. The maximum Gasteiger partial charge on any atom is 0.333 e. The highest BCUT2D eigenvalue weighted by atomic mass is 35.5. The number of carbonyl (C=O) groups is 1. The third kappa shape index (κ3) is 3.99. The van der Waals surface area contributed by atoms with Crippen molar-refractivity contribution in [3.8, 4) is 5.75 Å². The minimum absolute atomic E-state index is 0.141. The molecule has 0 radical (unpaired) electrons. The Labute approximate surface area is 164 Å². The van der Waals surface area contributed by atoms with Gasteiger partial charge in [0.1, 0.15) is 0 Å². The van der Waals surface area contributed by atoms with Crippen LogP contribution < -0.4 is 10.1 Å². The minimum Gasteiger partial charge on any atom is -0.493 e. The number of methoxy groups -OCH3 is 1. The first-order valence-corrected chi connectivity index (χ1v) is 8.71. The lowest BCUT2D eigenvalue weighted by molar-refractivity contribution is -0.144. The molecule has 0 bridgehead atoms. The molecule has 2 aromatic heterocycles. The number of hydrogen-bond donors (Lipinski definition) is 1. The second-order valence-electron chi connectivity index (χ2n) is 5.73. The summed E-state index contributed by atoms with van der Waals surface area (Å²) in [6, 6.07) is 7.30. The summed E-state index contributed by atoms with van der Waals surface area (Å²) < 4.78 is 37.9. The zero-order valence-electron chi connectivity index (χ0n) is 15.0. The van der Waals surface area contributed by atoms with Crippen molar-refractivity contribution in [1.29, 1.82) is 0 Å². The average molecular weight is 411 g/mol. The van der Waals surface area contributed by atoms with Gasteiger partial charge in [0.25, 0.3) is 6.43 Å².